The van der Waals surface area contributed by atoms with Crippen LogP contribution >= 0.6 is 0 Å². The lowest BCUT2D eigenvalue weighted by atomic mass is 9.95. The smallest absolute Gasteiger partial charge is 0.0462 e. The van der Waals surface area contributed by atoms with E-state index in [0.717, 1.165) is 17.1 Å². The number of nitrogens with zero attached hydrogens (tertiary/aromatic N) is 1. The molecule has 0 spiro atoms. The third kappa shape index (κ3) is 7.58. The van der Waals surface area contributed by atoms with Crippen molar-refractivity contribution >= 4 is 27.8 Å². The Morgan fingerprint density at radius 3 is 0.864 bits per heavy atom. The third-order valence-electron chi connectivity index (χ3n) is 11.3. The van der Waals surface area contributed by atoms with Gasteiger partial charge in [0, 0.05) is 17.1 Å². The Morgan fingerprint density at radius 2 is 0.441 bits per heavy atom. The summed E-state index contributed by atoms with van der Waals surface area (Å²) in [5.41, 5.74) is 17.7. The molecule has 0 unspecified atom stereocenters. The van der Waals surface area contributed by atoms with Crippen molar-refractivity contribution in [3.63, 3.8) is 0 Å². The van der Waals surface area contributed by atoms with Gasteiger partial charge in [0.1, 0.15) is 0 Å². The second kappa shape index (κ2) is 16.0. The summed E-state index contributed by atoms with van der Waals surface area (Å²) < 4.78 is 0. The number of benzene rings is 10. The van der Waals surface area contributed by atoms with E-state index in [1.54, 1.807) is 0 Å². The third-order valence-corrected chi connectivity index (χ3v) is 11.3. The maximum Gasteiger partial charge on any atom is 0.0462 e. The van der Waals surface area contributed by atoms with Gasteiger partial charge in [0.15, 0.2) is 0 Å². The van der Waals surface area contributed by atoms with Gasteiger partial charge in [0.05, 0.1) is 0 Å². The largest absolute Gasteiger partial charge is 0.311 e. The van der Waals surface area contributed by atoms with Gasteiger partial charge in [0.25, 0.3) is 0 Å². The van der Waals surface area contributed by atoms with Gasteiger partial charge in [-0.25, -0.2) is 0 Å². The zero-order valence-corrected chi connectivity index (χ0v) is 32.6. The van der Waals surface area contributed by atoms with Crippen LogP contribution in [0.1, 0.15) is 0 Å². The van der Waals surface area contributed by atoms with Gasteiger partial charge in [-0.1, -0.05) is 194 Å². The molecule has 0 bridgehead atoms. The van der Waals surface area contributed by atoms with Crippen LogP contribution in [0.15, 0.2) is 249 Å². The molecule has 0 aromatic heterocycles. The van der Waals surface area contributed by atoms with Crippen molar-refractivity contribution in [1.29, 1.82) is 0 Å². The van der Waals surface area contributed by atoms with E-state index in [1.165, 1.54) is 77.5 Å². The number of rotatable bonds is 9. The average molecular weight is 752 g/mol. The maximum atomic E-state index is 2.34. The van der Waals surface area contributed by atoms with Crippen molar-refractivity contribution < 1.29 is 0 Å². The molecule has 0 aliphatic rings. The first kappa shape index (κ1) is 35.7. The number of hydrogen-bond acceptors (Lipinski definition) is 1. The Hall–Kier alpha value is -7.74. The fourth-order valence-corrected chi connectivity index (χ4v) is 8.10. The first-order valence-corrected chi connectivity index (χ1v) is 20.2. The van der Waals surface area contributed by atoms with Gasteiger partial charge >= 0.3 is 0 Å². The molecule has 0 radical (unpaired) electrons. The van der Waals surface area contributed by atoms with Gasteiger partial charge < -0.3 is 4.90 Å². The number of anilines is 3. The molecule has 0 atom stereocenters. The van der Waals surface area contributed by atoms with E-state index in [4.69, 9.17) is 0 Å². The van der Waals surface area contributed by atoms with Crippen molar-refractivity contribution in [1.82, 2.24) is 0 Å². The van der Waals surface area contributed by atoms with E-state index in [9.17, 15) is 0 Å². The first-order valence-electron chi connectivity index (χ1n) is 20.2. The van der Waals surface area contributed by atoms with Gasteiger partial charge in [0.2, 0.25) is 0 Å². The lowest BCUT2D eigenvalue weighted by Gasteiger charge is -2.26. The molecule has 59 heavy (non-hydrogen) atoms. The van der Waals surface area contributed by atoms with Crippen LogP contribution in [0, 0.1) is 0 Å². The SMILES string of the molecule is c1ccc(-c2ccc(-c3ccc(N(c4ccc(-c5ccccc5)cc4)c4ccc(-c5cccc(-c6cccc(-c7ccc8ccccc8c7)c6)c5)cc4)cc3)cc2)cc1. The molecule has 0 aliphatic carbocycles. The van der Waals surface area contributed by atoms with E-state index in [2.05, 4.69) is 254 Å². The minimum Gasteiger partial charge on any atom is -0.311 e. The molecule has 0 fully saturated rings. The van der Waals surface area contributed by atoms with Crippen LogP contribution in [0.5, 0.6) is 0 Å². The van der Waals surface area contributed by atoms with Crippen LogP contribution < -0.4 is 4.90 Å². The number of fused-ring (bicyclic) bond motifs is 1. The second-order valence-electron chi connectivity index (χ2n) is 15.0. The molecule has 0 heterocycles. The Kier molecular flexibility index (Phi) is 9.68. The van der Waals surface area contributed by atoms with E-state index in [1.807, 2.05) is 0 Å². The summed E-state index contributed by atoms with van der Waals surface area (Å²) in [7, 11) is 0. The average Bonchev–Trinajstić information content (AvgIpc) is 3.33. The van der Waals surface area contributed by atoms with Crippen LogP contribution in [0.4, 0.5) is 17.1 Å². The monoisotopic (exact) mass is 751 g/mol. The van der Waals surface area contributed by atoms with Crippen LogP contribution in [0.2, 0.25) is 0 Å². The zero-order valence-electron chi connectivity index (χ0n) is 32.6. The zero-order chi connectivity index (χ0) is 39.4. The maximum absolute atomic E-state index is 2.34. The molecule has 1 nitrogen and oxygen atoms in total. The predicted molar refractivity (Wildman–Crippen MR) is 251 cm³/mol. The Labute approximate surface area is 346 Å². The highest BCUT2D eigenvalue weighted by Crippen LogP contribution is 2.39. The standard InChI is InChI=1S/C58H41N/c1-3-11-42(12-4-1)45-21-23-46(24-22-45)48-29-35-57(36-30-48)59(56-33-27-47(28-34-56)43-13-5-2-6-14-43)58-37-31-49(32-38-58)51-17-9-18-52(39-51)53-19-10-20-54(41-53)55-26-25-44-15-7-8-16-50(44)40-55/h1-41H. The van der Waals surface area contributed by atoms with Crippen molar-refractivity contribution in [2.24, 2.45) is 0 Å². The van der Waals surface area contributed by atoms with E-state index >= 15 is 0 Å². The fourth-order valence-electron chi connectivity index (χ4n) is 8.10. The summed E-state index contributed by atoms with van der Waals surface area (Å²) in [6, 6.07) is 89.7. The predicted octanol–water partition coefficient (Wildman–Crippen LogP) is 16.3. The minimum absolute atomic E-state index is 1.10. The molecule has 10 aromatic rings. The van der Waals surface area contributed by atoms with Crippen molar-refractivity contribution in [2.45, 2.75) is 0 Å². The molecular formula is C58H41N. The van der Waals surface area contributed by atoms with Gasteiger partial charge in [-0.15, -0.1) is 0 Å². The van der Waals surface area contributed by atoms with Gasteiger partial charge in [-0.05, 0) is 132 Å². The highest BCUT2D eigenvalue weighted by atomic mass is 15.1. The summed E-state index contributed by atoms with van der Waals surface area (Å²) in [6.07, 6.45) is 0. The summed E-state index contributed by atoms with van der Waals surface area (Å²) >= 11 is 0. The summed E-state index contributed by atoms with van der Waals surface area (Å²) in [5, 5.41) is 2.51. The van der Waals surface area contributed by atoms with Crippen LogP contribution in [0.25, 0.3) is 77.5 Å². The van der Waals surface area contributed by atoms with E-state index in [-0.39, 0.29) is 0 Å². The molecule has 10 aromatic carbocycles. The van der Waals surface area contributed by atoms with Gasteiger partial charge in [-0.2, -0.15) is 0 Å². The lowest BCUT2D eigenvalue weighted by molar-refractivity contribution is 1.28. The van der Waals surface area contributed by atoms with Crippen molar-refractivity contribution in [3.8, 4) is 66.8 Å². The Balaban J connectivity index is 0.950. The molecule has 0 N–H and O–H groups in total. The highest BCUT2D eigenvalue weighted by molar-refractivity contribution is 5.88. The Bertz CT molecular complexity index is 2980. The summed E-state index contributed by atoms with van der Waals surface area (Å²) in [5.74, 6) is 0. The van der Waals surface area contributed by atoms with Gasteiger partial charge in [-0.3, -0.25) is 0 Å². The van der Waals surface area contributed by atoms with Crippen LogP contribution in [-0.4, -0.2) is 0 Å². The first-order chi connectivity index (χ1) is 29.2. The second-order valence-corrected chi connectivity index (χ2v) is 15.0. The molecule has 10 rings (SSSR count). The molecule has 0 aliphatic heterocycles. The normalized spacial score (nSPS) is 11.1. The molecule has 1 heteroatoms. The molecule has 0 saturated carbocycles. The molecule has 0 amide bonds. The summed E-state index contributed by atoms with van der Waals surface area (Å²) in [6.45, 7) is 0. The topological polar surface area (TPSA) is 3.24 Å². The molecule has 278 valence electrons. The molecular weight excluding hydrogens is 711 g/mol. The minimum atomic E-state index is 1.10. The Morgan fingerprint density at radius 1 is 0.169 bits per heavy atom. The van der Waals surface area contributed by atoms with Crippen LogP contribution in [-0.2, 0) is 0 Å². The van der Waals surface area contributed by atoms with Crippen LogP contribution in [0.3, 0.4) is 0 Å². The number of hydrogen-bond donors (Lipinski definition) is 0. The van der Waals surface area contributed by atoms with E-state index < -0.39 is 0 Å². The molecule has 0 saturated heterocycles. The fraction of sp³-hybridized carbons (Fsp3) is 0. The van der Waals surface area contributed by atoms with E-state index in [0.29, 0.717) is 0 Å². The highest BCUT2D eigenvalue weighted by Gasteiger charge is 2.14. The van der Waals surface area contributed by atoms with Crippen molar-refractivity contribution in [3.05, 3.63) is 249 Å². The van der Waals surface area contributed by atoms with Crippen molar-refractivity contribution in [2.75, 3.05) is 4.90 Å². The quantitative estimate of drug-likeness (QED) is 0.142. The summed E-state index contributed by atoms with van der Waals surface area (Å²) in [4.78, 5) is 2.34. The lowest BCUT2D eigenvalue weighted by Crippen LogP contribution is -2.09.